The summed E-state index contributed by atoms with van der Waals surface area (Å²) >= 11 is 6.75. The maximum atomic E-state index is 12.4. The number of hydrogen-bond acceptors (Lipinski definition) is 4. The minimum Gasteiger partial charge on any atom is -0.492 e. The number of amides is 1. The maximum Gasteiger partial charge on any atom is 0.266 e. The summed E-state index contributed by atoms with van der Waals surface area (Å²) in [5.41, 5.74) is 1.22. The van der Waals surface area contributed by atoms with Crippen molar-refractivity contribution in [1.29, 1.82) is 5.26 Å². The van der Waals surface area contributed by atoms with Gasteiger partial charge in [0.2, 0.25) is 0 Å². The van der Waals surface area contributed by atoms with Gasteiger partial charge in [-0.05, 0) is 70.9 Å². The van der Waals surface area contributed by atoms with Gasteiger partial charge in [-0.1, -0.05) is 15.9 Å². The fraction of sp³-hybridized carbons (Fsp3) is 0.158. The van der Waals surface area contributed by atoms with Gasteiger partial charge in [-0.25, -0.2) is 0 Å². The Morgan fingerprint density at radius 2 is 1.96 bits per heavy atom. The molecule has 0 aromatic heterocycles. The molecule has 0 bridgehead atoms. The predicted octanol–water partition coefficient (Wildman–Crippen LogP) is 5.16. The molecule has 0 aliphatic rings. The van der Waals surface area contributed by atoms with Crippen molar-refractivity contribution in [3.63, 3.8) is 0 Å². The number of carbonyl (C=O) groups excluding carboxylic acids is 1. The molecular formula is C19H16Br2N2O3. The van der Waals surface area contributed by atoms with Crippen LogP contribution in [-0.4, -0.2) is 19.6 Å². The summed E-state index contributed by atoms with van der Waals surface area (Å²) in [4.78, 5) is 12.4. The number of ether oxygens (including phenoxy) is 2. The third-order valence-electron chi connectivity index (χ3n) is 3.31. The Labute approximate surface area is 168 Å². The molecule has 26 heavy (non-hydrogen) atoms. The van der Waals surface area contributed by atoms with Gasteiger partial charge in [0, 0.05) is 10.2 Å². The third-order valence-corrected chi connectivity index (χ3v) is 4.43. The molecule has 0 aliphatic carbocycles. The molecule has 2 aromatic rings. The van der Waals surface area contributed by atoms with Crippen LogP contribution in [0.25, 0.3) is 6.08 Å². The maximum absolute atomic E-state index is 12.4. The summed E-state index contributed by atoms with van der Waals surface area (Å²) in [6.45, 7) is 2.33. The Bertz CT molecular complexity index is 872. The molecule has 0 spiro atoms. The van der Waals surface area contributed by atoms with Gasteiger partial charge in [0.1, 0.15) is 11.6 Å². The quantitative estimate of drug-likeness (QED) is 0.458. The number of nitrogens with zero attached hydrogens (tertiary/aromatic N) is 1. The highest BCUT2D eigenvalue weighted by molar-refractivity contribution is 9.10. The first-order valence-corrected chi connectivity index (χ1v) is 9.26. The molecule has 7 heteroatoms. The zero-order valence-corrected chi connectivity index (χ0v) is 17.3. The highest BCUT2D eigenvalue weighted by Crippen LogP contribution is 2.37. The van der Waals surface area contributed by atoms with E-state index in [1.807, 2.05) is 13.0 Å². The van der Waals surface area contributed by atoms with E-state index in [4.69, 9.17) is 9.47 Å². The van der Waals surface area contributed by atoms with Crippen LogP contribution in [0.15, 0.2) is 50.9 Å². The van der Waals surface area contributed by atoms with E-state index in [0.29, 0.717) is 33.8 Å². The molecule has 0 atom stereocenters. The van der Waals surface area contributed by atoms with Crippen molar-refractivity contribution in [2.75, 3.05) is 19.0 Å². The number of hydrogen-bond donors (Lipinski definition) is 1. The number of nitriles is 1. The van der Waals surface area contributed by atoms with Crippen LogP contribution in [0.3, 0.4) is 0 Å². The molecule has 1 amide bonds. The number of halogens is 2. The van der Waals surface area contributed by atoms with Crippen LogP contribution in [0.4, 0.5) is 5.69 Å². The molecule has 0 saturated heterocycles. The average Bonchev–Trinajstić information content (AvgIpc) is 2.61. The van der Waals surface area contributed by atoms with Crippen molar-refractivity contribution >= 4 is 49.5 Å². The molecule has 0 unspecified atom stereocenters. The van der Waals surface area contributed by atoms with Crippen molar-refractivity contribution < 1.29 is 14.3 Å². The third kappa shape index (κ3) is 5.10. The lowest BCUT2D eigenvalue weighted by Gasteiger charge is -2.12. The largest absolute Gasteiger partial charge is 0.492 e. The summed E-state index contributed by atoms with van der Waals surface area (Å²) in [6, 6.07) is 12.5. The van der Waals surface area contributed by atoms with E-state index in [2.05, 4.69) is 37.2 Å². The topological polar surface area (TPSA) is 71.3 Å². The number of anilines is 1. The Morgan fingerprint density at radius 1 is 1.27 bits per heavy atom. The number of rotatable bonds is 6. The molecule has 2 aromatic carbocycles. The van der Waals surface area contributed by atoms with Crippen LogP contribution in [0.1, 0.15) is 12.5 Å². The van der Waals surface area contributed by atoms with E-state index in [9.17, 15) is 10.1 Å². The van der Waals surface area contributed by atoms with Crippen molar-refractivity contribution in [1.82, 2.24) is 0 Å². The van der Waals surface area contributed by atoms with E-state index in [-0.39, 0.29) is 5.57 Å². The highest BCUT2D eigenvalue weighted by atomic mass is 79.9. The molecule has 0 radical (unpaired) electrons. The fourth-order valence-electron chi connectivity index (χ4n) is 2.18. The first kappa shape index (κ1) is 20.0. The smallest absolute Gasteiger partial charge is 0.266 e. The van der Waals surface area contributed by atoms with Crippen LogP contribution < -0.4 is 14.8 Å². The Kier molecular flexibility index (Phi) is 7.25. The van der Waals surface area contributed by atoms with E-state index >= 15 is 0 Å². The number of carbonyl (C=O) groups is 1. The Morgan fingerprint density at radius 3 is 2.54 bits per heavy atom. The zero-order valence-electron chi connectivity index (χ0n) is 14.2. The summed E-state index contributed by atoms with van der Waals surface area (Å²) in [7, 11) is 1.55. The molecular weight excluding hydrogens is 464 g/mol. The van der Waals surface area contributed by atoms with Gasteiger partial charge in [0.05, 0.1) is 18.2 Å². The second kappa shape index (κ2) is 9.41. The number of benzene rings is 2. The predicted molar refractivity (Wildman–Crippen MR) is 108 cm³/mol. The van der Waals surface area contributed by atoms with Gasteiger partial charge in [-0.3, -0.25) is 4.79 Å². The van der Waals surface area contributed by atoms with E-state index in [1.165, 1.54) is 6.08 Å². The van der Waals surface area contributed by atoms with Crippen LogP contribution >= 0.6 is 31.9 Å². The minimum absolute atomic E-state index is 0.0209. The van der Waals surface area contributed by atoms with E-state index < -0.39 is 5.91 Å². The molecule has 0 saturated carbocycles. The normalized spacial score (nSPS) is 10.8. The van der Waals surface area contributed by atoms with Gasteiger partial charge in [0.15, 0.2) is 11.5 Å². The minimum atomic E-state index is -0.486. The Balaban J connectivity index is 2.31. The zero-order chi connectivity index (χ0) is 19.1. The van der Waals surface area contributed by atoms with E-state index in [1.54, 1.807) is 43.5 Å². The first-order valence-electron chi connectivity index (χ1n) is 7.67. The molecule has 0 heterocycles. The second-order valence-corrected chi connectivity index (χ2v) is 6.87. The molecule has 2 rings (SSSR count). The lowest BCUT2D eigenvalue weighted by Crippen LogP contribution is -2.13. The first-order chi connectivity index (χ1) is 12.5. The van der Waals surface area contributed by atoms with Crippen molar-refractivity contribution in [2.24, 2.45) is 0 Å². The molecule has 1 N–H and O–H groups in total. The van der Waals surface area contributed by atoms with Crippen molar-refractivity contribution in [3.8, 4) is 17.6 Å². The monoisotopic (exact) mass is 478 g/mol. The van der Waals surface area contributed by atoms with Crippen LogP contribution in [-0.2, 0) is 4.79 Å². The lowest BCUT2D eigenvalue weighted by atomic mass is 10.1. The Hall–Kier alpha value is -2.30. The van der Waals surface area contributed by atoms with Gasteiger partial charge in [-0.2, -0.15) is 5.26 Å². The van der Waals surface area contributed by atoms with Crippen LogP contribution in [0.2, 0.25) is 0 Å². The highest BCUT2D eigenvalue weighted by Gasteiger charge is 2.13. The standard InChI is InChI=1S/C19H16Br2N2O3/c1-3-26-17-10-12(9-16(21)18(17)25-2)8-13(11-22)19(24)23-15-6-4-14(20)5-7-15/h4-10H,3H2,1-2H3,(H,23,24)/b13-8-. The average molecular weight is 480 g/mol. The summed E-state index contributed by atoms with van der Waals surface area (Å²) in [5.74, 6) is 0.600. The molecule has 0 fully saturated rings. The summed E-state index contributed by atoms with van der Waals surface area (Å²) in [5, 5.41) is 12.1. The van der Waals surface area contributed by atoms with Gasteiger partial charge in [-0.15, -0.1) is 0 Å². The van der Waals surface area contributed by atoms with Gasteiger partial charge >= 0.3 is 0 Å². The number of nitrogens with one attached hydrogen (secondary N) is 1. The second-order valence-electron chi connectivity index (χ2n) is 5.10. The van der Waals surface area contributed by atoms with Crippen molar-refractivity contribution in [3.05, 3.63) is 56.5 Å². The summed E-state index contributed by atoms with van der Waals surface area (Å²) < 4.78 is 12.4. The van der Waals surface area contributed by atoms with Crippen LogP contribution in [0.5, 0.6) is 11.5 Å². The fourth-order valence-corrected chi connectivity index (χ4v) is 3.07. The summed E-state index contributed by atoms with van der Waals surface area (Å²) in [6.07, 6.45) is 1.50. The molecule has 0 aliphatic heterocycles. The lowest BCUT2D eigenvalue weighted by molar-refractivity contribution is -0.112. The van der Waals surface area contributed by atoms with Crippen LogP contribution in [0, 0.1) is 11.3 Å². The van der Waals surface area contributed by atoms with E-state index in [0.717, 1.165) is 4.47 Å². The molecule has 5 nitrogen and oxygen atoms in total. The van der Waals surface area contributed by atoms with Gasteiger partial charge < -0.3 is 14.8 Å². The van der Waals surface area contributed by atoms with Gasteiger partial charge in [0.25, 0.3) is 5.91 Å². The van der Waals surface area contributed by atoms with Crippen molar-refractivity contribution in [2.45, 2.75) is 6.92 Å². The molecule has 134 valence electrons. The number of methoxy groups -OCH3 is 1. The SMILES string of the molecule is CCOc1cc(/C=C(/C#N)C(=O)Nc2ccc(Br)cc2)cc(Br)c1OC.